The molecule has 1 saturated heterocycles. The maximum atomic E-state index is 12.1. The molecular weight excluding hydrogens is 284 g/mol. The molecule has 2 heterocycles. The van der Waals surface area contributed by atoms with E-state index in [0.29, 0.717) is 11.4 Å². The Morgan fingerprint density at radius 2 is 1.90 bits per heavy atom. The molecule has 0 bridgehead atoms. The highest BCUT2D eigenvalue weighted by Gasteiger charge is 2.14. The summed E-state index contributed by atoms with van der Waals surface area (Å²) in [6.45, 7) is 1.96. The zero-order chi connectivity index (χ0) is 14.5. The Hall–Kier alpha value is -2.08. The van der Waals surface area contributed by atoms with E-state index in [1.54, 1.807) is 12.1 Å². The third-order valence-electron chi connectivity index (χ3n) is 3.27. The lowest BCUT2D eigenvalue weighted by molar-refractivity contribution is 0.102. The smallest absolute Gasteiger partial charge is 0.256 e. The number of carbonyl (C=O) groups is 1. The van der Waals surface area contributed by atoms with Crippen molar-refractivity contribution in [3.63, 3.8) is 0 Å². The van der Waals surface area contributed by atoms with Crippen LogP contribution in [0.3, 0.4) is 0 Å². The number of benzene rings is 1. The number of rotatable bonds is 3. The van der Waals surface area contributed by atoms with Gasteiger partial charge in [0, 0.05) is 36.2 Å². The predicted octanol–water partition coefficient (Wildman–Crippen LogP) is 2.28. The monoisotopic (exact) mass is 300 g/mol. The highest BCUT2D eigenvalue weighted by atomic mass is 32.2. The molecular formula is C15H16N4OS. The lowest BCUT2D eigenvalue weighted by Gasteiger charge is -2.27. The molecule has 0 unspecified atom stereocenters. The number of hydrogen-bond acceptors (Lipinski definition) is 5. The van der Waals surface area contributed by atoms with Crippen LogP contribution in [0.2, 0.25) is 0 Å². The van der Waals surface area contributed by atoms with Gasteiger partial charge in [-0.05, 0) is 12.1 Å². The van der Waals surface area contributed by atoms with Crippen molar-refractivity contribution in [3.05, 3.63) is 48.3 Å². The van der Waals surface area contributed by atoms with Gasteiger partial charge in [-0.15, -0.1) is 0 Å². The van der Waals surface area contributed by atoms with E-state index in [-0.39, 0.29) is 5.91 Å². The van der Waals surface area contributed by atoms with Crippen LogP contribution in [0.15, 0.2) is 42.7 Å². The van der Waals surface area contributed by atoms with Gasteiger partial charge >= 0.3 is 0 Å². The Morgan fingerprint density at radius 1 is 1.14 bits per heavy atom. The zero-order valence-electron chi connectivity index (χ0n) is 11.5. The van der Waals surface area contributed by atoms with Gasteiger partial charge in [0.2, 0.25) is 0 Å². The van der Waals surface area contributed by atoms with Gasteiger partial charge in [-0.1, -0.05) is 18.2 Å². The van der Waals surface area contributed by atoms with Gasteiger partial charge in [-0.2, -0.15) is 11.8 Å². The van der Waals surface area contributed by atoms with E-state index in [1.165, 1.54) is 6.33 Å². The van der Waals surface area contributed by atoms with E-state index in [4.69, 9.17) is 0 Å². The Morgan fingerprint density at radius 3 is 2.67 bits per heavy atom. The second kappa shape index (κ2) is 6.58. The summed E-state index contributed by atoms with van der Waals surface area (Å²) in [4.78, 5) is 22.8. The molecule has 0 aliphatic carbocycles. The topological polar surface area (TPSA) is 58.1 Å². The number of anilines is 2. The van der Waals surface area contributed by atoms with Crippen molar-refractivity contribution in [1.29, 1.82) is 0 Å². The SMILES string of the molecule is O=C(Nc1cc(N2CCSCC2)ncn1)c1ccccc1. The van der Waals surface area contributed by atoms with Gasteiger partial charge in [0.05, 0.1) is 0 Å². The number of thioether (sulfide) groups is 1. The van der Waals surface area contributed by atoms with Gasteiger partial charge in [-0.25, -0.2) is 9.97 Å². The summed E-state index contributed by atoms with van der Waals surface area (Å²) in [5, 5.41) is 2.82. The van der Waals surface area contributed by atoms with E-state index in [1.807, 2.05) is 36.0 Å². The maximum absolute atomic E-state index is 12.1. The van der Waals surface area contributed by atoms with Gasteiger partial charge in [-0.3, -0.25) is 4.79 Å². The molecule has 5 nitrogen and oxygen atoms in total. The highest BCUT2D eigenvalue weighted by molar-refractivity contribution is 7.99. The molecule has 1 fully saturated rings. The third-order valence-corrected chi connectivity index (χ3v) is 4.21. The van der Waals surface area contributed by atoms with Crippen molar-refractivity contribution in [1.82, 2.24) is 9.97 Å². The fourth-order valence-electron chi connectivity index (χ4n) is 2.16. The lowest BCUT2D eigenvalue weighted by atomic mass is 10.2. The third kappa shape index (κ3) is 3.52. The van der Waals surface area contributed by atoms with Crippen LogP contribution in [-0.2, 0) is 0 Å². The van der Waals surface area contributed by atoms with Gasteiger partial charge < -0.3 is 10.2 Å². The summed E-state index contributed by atoms with van der Waals surface area (Å²) in [6, 6.07) is 10.9. The summed E-state index contributed by atoms with van der Waals surface area (Å²) >= 11 is 1.95. The van der Waals surface area contributed by atoms with Crippen molar-refractivity contribution in [3.8, 4) is 0 Å². The first-order valence-electron chi connectivity index (χ1n) is 6.84. The number of aromatic nitrogens is 2. The quantitative estimate of drug-likeness (QED) is 0.942. The van der Waals surface area contributed by atoms with E-state index in [2.05, 4.69) is 20.2 Å². The summed E-state index contributed by atoms with van der Waals surface area (Å²) in [5.74, 6) is 3.46. The van der Waals surface area contributed by atoms with E-state index in [9.17, 15) is 4.79 Å². The Balaban J connectivity index is 1.72. The van der Waals surface area contributed by atoms with Crippen LogP contribution >= 0.6 is 11.8 Å². The Kier molecular flexibility index (Phi) is 4.35. The summed E-state index contributed by atoms with van der Waals surface area (Å²) < 4.78 is 0. The van der Waals surface area contributed by atoms with Crippen molar-refractivity contribution in [2.24, 2.45) is 0 Å². The molecule has 1 amide bonds. The molecule has 0 spiro atoms. The highest BCUT2D eigenvalue weighted by Crippen LogP contribution is 2.19. The second-order valence-corrected chi connectivity index (χ2v) is 5.91. The van der Waals surface area contributed by atoms with Crippen LogP contribution in [0, 0.1) is 0 Å². The summed E-state index contributed by atoms with van der Waals surface area (Å²) in [6.07, 6.45) is 1.50. The molecule has 1 aromatic heterocycles. The van der Waals surface area contributed by atoms with Crippen molar-refractivity contribution >= 4 is 29.3 Å². The van der Waals surface area contributed by atoms with E-state index in [0.717, 1.165) is 30.4 Å². The fraction of sp³-hybridized carbons (Fsp3) is 0.267. The minimum absolute atomic E-state index is 0.158. The molecule has 21 heavy (non-hydrogen) atoms. The predicted molar refractivity (Wildman–Crippen MR) is 86.0 cm³/mol. The molecule has 1 aromatic carbocycles. The van der Waals surface area contributed by atoms with Crippen LogP contribution in [0.4, 0.5) is 11.6 Å². The number of carbonyl (C=O) groups excluding carboxylic acids is 1. The van der Waals surface area contributed by atoms with Crippen molar-refractivity contribution in [2.45, 2.75) is 0 Å². The minimum atomic E-state index is -0.158. The first kappa shape index (κ1) is 13.9. The standard InChI is InChI=1S/C15H16N4OS/c20-15(12-4-2-1-3-5-12)18-13-10-14(17-11-16-13)19-6-8-21-9-7-19/h1-5,10-11H,6-9H2,(H,16,17,18,20). The van der Waals surface area contributed by atoms with E-state index < -0.39 is 0 Å². The molecule has 0 atom stereocenters. The number of amides is 1. The average Bonchev–Trinajstić information content (AvgIpc) is 2.57. The van der Waals surface area contributed by atoms with Crippen LogP contribution in [0.5, 0.6) is 0 Å². The van der Waals surface area contributed by atoms with Gasteiger partial charge in [0.1, 0.15) is 18.0 Å². The first-order valence-corrected chi connectivity index (χ1v) is 7.99. The van der Waals surface area contributed by atoms with Crippen LogP contribution < -0.4 is 10.2 Å². The van der Waals surface area contributed by atoms with E-state index >= 15 is 0 Å². The van der Waals surface area contributed by atoms with Gasteiger partial charge in [0.15, 0.2) is 0 Å². The molecule has 3 rings (SSSR count). The number of hydrogen-bond donors (Lipinski definition) is 1. The first-order chi connectivity index (χ1) is 10.3. The summed E-state index contributed by atoms with van der Waals surface area (Å²) in [5.41, 5.74) is 0.618. The van der Waals surface area contributed by atoms with Crippen LogP contribution in [0.25, 0.3) is 0 Å². The lowest BCUT2D eigenvalue weighted by Crippen LogP contribution is -2.33. The minimum Gasteiger partial charge on any atom is -0.355 e. The fourth-order valence-corrected chi connectivity index (χ4v) is 3.06. The van der Waals surface area contributed by atoms with Crippen LogP contribution in [0.1, 0.15) is 10.4 Å². The Bertz CT molecular complexity index is 614. The normalized spacial score (nSPS) is 14.8. The average molecular weight is 300 g/mol. The number of nitrogens with zero attached hydrogens (tertiary/aromatic N) is 3. The second-order valence-electron chi connectivity index (χ2n) is 4.68. The molecule has 1 aliphatic rings. The largest absolute Gasteiger partial charge is 0.355 e. The summed E-state index contributed by atoms with van der Waals surface area (Å²) in [7, 11) is 0. The molecule has 1 N–H and O–H groups in total. The number of nitrogens with one attached hydrogen (secondary N) is 1. The van der Waals surface area contributed by atoms with Crippen molar-refractivity contribution < 1.29 is 4.79 Å². The molecule has 0 radical (unpaired) electrons. The maximum Gasteiger partial charge on any atom is 0.256 e. The molecule has 0 saturated carbocycles. The molecule has 6 heteroatoms. The molecule has 2 aromatic rings. The zero-order valence-corrected chi connectivity index (χ0v) is 12.3. The van der Waals surface area contributed by atoms with Crippen LogP contribution in [-0.4, -0.2) is 40.5 Å². The molecule has 1 aliphatic heterocycles. The molecule has 108 valence electrons. The Labute approximate surface area is 127 Å². The van der Waals surface area contributed by atoms with Gasteiger partial charge in [0.25, 0.3) is 5.91 Å². The van der Waals surface area contributed by atoms with Crippen molar-refractivity contribution in [2.75, 3.05) is 34.8 Å².